The van der Waals surface area contributed by atoms with Crippen molar-refractivity contribution in [2.45, 2.75) is 6.54 Å². The van der Waals surface area contributed by atoms with Gasteiger partial charge in [0.15, 0.2) is 0 Å². The van der Waals surface area contributed by atoms with Crippen LogP contribution >= 0.6 is 0 Å². The summed E-state index contributed by atoms with van der Waals surface area (Å²) in [6, 6.07) is 16.2. The lowest BCUT2D eigenvalue weighted by Gasteiger charge is -2.09. The Bertz CT molecular complexity index is 1220. The van der Waals surface area contributed by atoms with E-state index < -0.39 is 0 Å². The second kappa shape index (κ2) is 6.45. The summed E-state index contributed by atoms with van der Waals surface area (Å²) in [5.41, 5.74) is 5.15. The van der Waals surface area contributed by atoms with Crippen molar-refractivity contribution in [3.8, 4) is 0 Å². The molecule has 0 aliphatic rings. The normalized spacial score (nSPS) is 11.1. The maximum Gasteiger partial charge on any atom is 0.224 e. The van der Waals surface area contributed by atoms with Crippen LogP contribution in [-0.4, -0.2) is 24.9 Å². The maximum absolute atomic E-state index is 4.54. The number of H-pyrrole nitrogens is 2. The molecule has 5 aromatic rings. The van der Waals surface area contributed by atoms with E-state index in [2.05, 4.69) is 59.8 Å². The molecule has 4 N–H and O–H groups in total. The second-order valence-corrected chi connectivity index (χ2v) is 6.28. The number of aromatic amines is 2. The number of hydrogen-bond donors (Lipinski definition) is 4. The molecule has 2 aromatic carbocycles. The van der Waals surface area contributed by atoms with Crippen molar-refractivity contribution in [1.29, 1.82) is 0 Å². The van der Waals surface area contributed by atoms with Crippen LogP contribution in [0.5, 0.6) is 0 Å². The fraction of sp³-hybridized carbons (Fsp3) is 0.0500. The molecular weight excluding hydrogens is 338 g/mol. The Hall–Kier alpha value is -3.87. The number of aromatic nitrogens is 5. The number of fused-ring (bicyclic) bond motifs is 2. The van der Waals surface area contributed by atoms with Gasteiger partial charge in [-0.2, -0.15) is 4.98 Å². The molecule has 0 aliphatic heterocycles. The Morgan fingerprint density at radius 1 is 0.889 bits per heavy atom. The van der Waals surface area contributed by atoms with Crippen LogP contribution in [0, 0.1) is 0 Å². The van der Waals surface area contributed by atoms with Gasteiger partial charge in [0.25, 0.3) is 0 Å². The highest BCUT2D eigenvalue weighted by Crippen LogP contribution is 2.20. The minimum absolute atomic E-state index is 0.579. The molecule has 3 aromatic heterocycles. The molecule has 0 unspecified atom stereocenters. The lowest BCUT2D eigenvalue weighted by molar-refractivity contribution is 1.06. The Kier molecular flexibility index (Phi) is 3.68. The van der Waals surface area contributed by atoms with Crippen LogP contribution < -0.4 is 10.6 Å². The molecule has 0 amide bonds. The molecule has 132 valence electrons. The SMILES string of the molecule is c1cc(Nc2ccc3[nH]cnc3c2)nc(NCc2ccc3[nH]ccc3c2)n1. The summed E-state index contributed by atoms with van der Waals surface area (Å²) in [5, 5.41) is 7.77. The number of rotatable bonds is 5. The zero-order valence-electron chi connectivity index (χ0n) is 14.4. The van der Waals surface area contributed by atoms with Crippen molar-refractivity contribution < 1.29 is 0 Å². The molecule has 7 nitrogen and oxygen atoms in total. The van der Waals surface area contributed by atoms with Gasteiger partial charge in [0.05, 0.1) is 17.4 Å². The van der Waals surface area contributed by atoms with E-state index in [4.69, 9.17) is 0 Å². The highest BCUT2D eigenvalue weighted by atomic mass is 15.1. The third-order valence-electron chi connectivity index (χ3n) is 4.42. The molecule has 0 spiro atoms. The fourth-order valence-corrected chi connectivity index (χ4v) is 3.06. The minimum atomic E-state index is 0.579. The van der Waals surface area contributed by atoms with Gasteiger partial charge in [-0.3, -0.25) is 0 Å². The van der Waals surface area contributed by atoms with Crippen LogP contribution in [0.15, 0.2) is 67.3 Å². The van der Waals surface area contributed by atoms with Crippen molar-refractivity contribution in [3.63, 3.8) is 0 Å². The first-order chi connectivity index (χ1) is 13.3. The van der Waals surface area contributed by atoms with Crippen LogP contribution in [0.1, 0.15) is 5.56 Å². The lowest BCUT2D eigenvalue weighted by atomic mass is 10.1. The predicted molar refractivity (Wildman–Crippen MR) is 107 cm³/mol. The Morgan fingerprint density at radius 2 is 1.85 bits per heavy atom. The summed E-state index contributed by atoms with van der Waals surface area (Å²) in [6.45, 7) is 0.657. The first kappa shape index (κ1) is 15.4. The minimum Gasteiger partial charge on any atom is -0.361 e. The highest BCUT2D eigenvalue weighted by molar-refractivity contribution is 5.80. The molecule has 0 saturated carbocycles. The van der Waals surface area contributed by atoms with Gasteiger partial charge in [-0.1, -0.05) is 6.07 Å². The van der Waals surface area contributed by atoms with Gasteiger partial charge in [-0.25, -0.2) is 9.97 Å². The van der Waals surface area contributed by atoms with E-state index >= 15 is 0 Å². The lowest BCUT2D eigenvalue weighted by Crippen LogP contribution is -2.05. The summed E-state index contributed by atoms with van der Waals surface area (Å²) in [7, 11) is 0. The topological polar surface area (TPSA) is 94.3 Å². The van der Waals surface area contributed by atoms with Crippen LogP contribution in [-0.2, 0) is 6.54 Å². The molecule has 3 heterocycles. The first-order valence-electron chi connectivity index (χ1n) is 8.67. The van der Waals surface area contributed by atoms with Crippen molar-refractivity contribution >= 4 is 39.4 Å². The van der Waals surface area contributed by atoms with E-state index in [1.54, 1.807) is 12.5 Å². The van der Waals surface area contributed by atoms with Gasteiger partial charge in [-0.05, 0) is 53.4 Å². The van der Waals surface area contributed by atoms with Gasteiger partial charge in [0.1, 0.15) is 5.82 Å². The Labute approximate surface area is 154 Å². The molecule has 0 saturated heterocycles. The van der Waals surface area contributed by atoms with Gasteiger partial charge in [-0.15, -0.1) is 0 Å². The summed E-state index contributed by atoms with van der Waals surface area (Å²) < 4.78 is 0. The van der Waals surface area contributed by atoms with E-state index in [0.29, 0.717) is 12.5 Å². The van der Waals surface area contributed by atoms with E-state index in [1.807, 2.05) is 30.5 Å². The van der Waals surface area contributed by atoms with E-state index in [1.165, 1.54) is 10.9 Å². The molecule has 0 fully saturated rings. The van der Waals surface area contributed by atoms with Gasteiger partial charge in [0.2, 0.25) is 5.95 Å². The largest absolute Gasteiger partial charge is 0.361 e. The monoisotopic (exact) mass is 355 g/mol. The Balaban J connectivity index is 1.30. The summed E-state index contributed by atoms with van der Waals surface area (Å²) in [6.07, 6.45) is 5.37. The molecule has 0 aliphatic carbocycles. The van der Waals surface area contributed by atoms with Gasteiger partial charge >= 0.3 is 0 Å². The van der Waals surface area contributed by atoms with Crippen molar-refractivity contribution in [2.24, 2.45) is 0 Å². The average molecular weight is 355 g/mol. The van der Waals surface area contributed by atoms with E-state index in [0.717, 1.165) is 28.1 Å². The molecule has 27 heavy (non-hydrogen) atoms. The summed E-state index contributed by atoms with van der Waals surface area (Å²) >= 11 is 0. The number of anilines is 3. The standard InChI is InChI=1S/C20H17N7/c1-3-16-14(5-7-21-16)9-13(1)11-23-20-22-8-6-19(27-20)26-15-2-4-17-18(10-15)25-12-24-17/h1-10,12,21H,11H2,(H,24,25)(H2,22,23,26,27). The molecule has 5 rings (SSSR count). The fourth-order valence-electron chi connectivity index (χ4n) is 3.06. The smallest absolute Gasteiger partial charge is 0.224 e. The van der Waals surface area contributed by atoms with Gasteiger partial charge < -0.3 is 20.6 Å². The third-order valence-corrected chi connectivity index (χ3v) is 4.42. The van der Waals surface area contributed by atoms with E-state index in [-0.39, 0.29) is 0 Å². The molecule has 0 atom stereocenters. The number of hydrogen-bond acceptors (Lipinski definition) is 5. The van der Waals surface area contributed by atoms with E-state index in [9.17, 15) is 0 Å². The maximum atomic E-state index is 4.54. The molecule has 0 bridgehead atoms. The average Bonchev–Trinajstić information content (AvgIpc) is 3.35. The van der Waals surface area contributed by atoms with Crippen LogP contribution in [0.25, 0.3) is 21.9 Å². The summed E-state index contributed by atoms with van der Waals surface area (Å²) in [4.78, 5) is 19.4. The van der Waals surface area contributed by atoms with Crippen molar-refractivity contribution in [3.05, 3.63) is 72.8 Å². The number of nitrogens with zero attached hydrogens (tertiary/aromatic N) is 3. The van der Waals surface area contributed by atoms with Crippen molar-refractivity contribution in [1.82, 2.24) is 24.9 Å². The van der Waals surface area contributed by atoms with Crippen LogP contribution in [0.4, 0.5) is 17.5 Å². The molecule has 7 heteroatoms. The zero-order chi connectivity index (χ0) is 18.1. The predicted octanol–water partition coefficient (Wildman–Crippen LogP) is 4.19. The van der Waals surface area contributed by atoms with Gasteiger partial charge in [0, 0.05) is 30.1 Å². The van der Waals surface area contributed by atoms with Crippen LogP contribution in [0.3, 0.4) is 0 Å². The highest BCUT2D eigenvalue weighted by Gasteiger charge is 2.03. The Morgan fingerprint density at radius 3 is 2.85 bits per heavy atom. The number of benzene rings is 2. The molecular formula is C20H17N7. The molecule has 0 radical (unpaired) electrons. The number of nitrogens with one attached hydrogen (secondary N) is 4. The second-order valence-electron chi connectivity index (χ2n) is 6.28. The van der Waals surface area contributed by atoms with Crippen molar-refractivity contribution in [2.75, 3.05) is 10.6 Å². The van der Waals surface area contributed by atoms with Crippen LogP contribution in [0.2, 0.25) is 0 Å². The third kappa shape index (κ3) is 3.18. The first-order valence-corrected chi connectivity index (χ1v) is 8.67. The summed E-state index contributed by atoms with van der Waals surface area (Å²) in [5.74, 6) is 1.30. The zero-order valence-corrected chi connectivity index (χ0v) is 14.4. The number of imidazole rings is 1. The quantitative estimate of drug-likeness (QED) is 0.379.